The molecular weight excluding hydrogens is 374 g/mol. The smallest absolute Gasteiger partial charge is 0.333 e. The van der Waals surface area contributed by atoms with E-state index in [0.29, 0.717) is 5.69 Å². The number of aromatic amines is 1. The molecule has 1 aliphatic carbocycles. The maximum Gasteiger partial charge on any atom is 0.333 e. The number of aryl methyl sites for hydroxylation is 2. The average Bonchev–Trinajstić information content (AvgIpc) is 3.15. The van der Waals surface area contributed by atoms with Gasteiger partial charge in [-0.05, 0) is 37.0 Å². The molecule has 2 aromatic heterocycles. The van der Waals surface area contributed by atoms with E-state index in [9.17, 15) is 19.2 Å². The Bertz CT molecular complexity index is 1210. The number of carbonyl (C=O) groups is 1. The summed E-state index contributed by atoms with van der Waals surface area (Å²) in [5.74, 6) is -0.603. The summed E-state index contributed by atoms with van der Waals surface area (Å²) in [7, 11) is 0. The Kier molecular flexibility index (Phi) is 4.94. The van der Waals surface area contributed by atoms with Crippen LogP contribution in [0.2, 0.25) is 0 Å². The number of amides is 1. The van der Waals surface area contributed by atoms with Gasteiger partial charge in [0.15, 0.2) is 0 Å². The van der Waals surface area contributed by atoms with Gasteiger partial charge in [-0.2, -0.15) is 5.10 Å². The quantitative estimate of drug-likeness (QED) is 0.633. The second kappa shape index (κ2) is 7.70. The number of hydrogen-bond acceptors (Lipinski definition) is 5. The predicted molar refractivity (Wildman–Crippen MR) is 106 cm³/mol. The van der Waals surface area contributed by atoms with Gasteiger partial charge in [-0.3, -0.25) is 14.4 Å². The molecule has 2 N–H and O–H groups in total. The third-order valence-corrected chi connectivity index (χ3v) is 4.82. The first kappa shape index (κ1) is 18.6. The van der Waals surface area contributed by atoms with Crippen molar-refractivity contribution in [3.8, 4) is 5.69 Å². The molecule has 0 aliphatic heterocycles. The monoisotopic (exact) mass is 393 g/mol. The van der Waals surface area contributed by atoms with Gasteiger partial charge < -0.3 is 10.3 Å². The maximum absolute atomic E-state index is 12.3. The third-order valence-electron chi connectivity index (χ3n) is 4.82. The van der Waals surface area contributed by atoms with Crippen LogP contribution < -0.4 is 22.1 Å². The van der Waals surface area contributed by atoms with Crippen molar-refractivity contribution in [3.05, 3.63) is 90.6 Å². The number of nitrogens with one attached hydrogen (secondary N) is 2. The fourth-order valence-electron chi connectivity index (χ4n) is 3.41. The van der Waals surface area contributed by atoms with Crippen molar-refractivity contribution in [2.24, 2.45) is 0 Å². The zero-order valence-corrected chi connectivity index (χ0v) is 15.6. The van der Waals surface area contributed by atoms with Crippen LogP contribution in [-0.2, 0) is 19.4 Å². The van der Waals surface area contributed by atoms with Crippen molar-refractivity contribution < 1.29 is 4.79 Å². The summed E-state index contributed by atoms with van der Waals surface area (Å²) >= 11 is 0. The van der Waals surface area contributed by atoms with Crippen LogP contribution in [0.15, 0.2) is 56.8 Å². The summed E-state index contributed by atoms with van der Waals surface area (Å²) in [4.78, 5) is 51.4. The second-order valence-electron chi connectivity index (χ2n) is 6.78. The first-order chi connectivity index (χ1) is 14.0. The normalized spacial score (nSPS) is 12.6. The molecule has 29 heavy (non-hydrogen) atoms. The number of aromatic nitrogens is 4. The van der Waals surface area contributed by atoms with E-state index in [1.54, 1.807) is 36.4 Å². The number of benzene rings is 1. The predicted octanol–water partition coefficient (Wildman–Crippen LogP) is 0.00120. The molecule has 1 aromatic carbocycles. The van der Waals surface area contributed by atoms with Gasteiger partial charge in [0.1, 0.15) is 5.69 Å². The maximum atomic E-state index is 12.3. The molecule has 1 aliphatic rings. The first-order valence-electron chi connectivity index (χ1n) is 9.33. The van der Waals surface area contributed by atoms with Crippen molar-refractivity contribution >= 4 is 5.91 Å². The molecule has 9 heteroatoms. The zero-order chi connectivity index (χ0) is 20.4. The Hall–Kier alpha value is -3.75. The van der Waals surface area contributed by atoms with Gasteiger partial charge in [0.25, 0.3) is 17.0 Å². The minimum atomic E-state index is -0.703. The second-order valence-corrected chi connectivity index (χ2v) is 6.78. The molecule has 2 heterocycles. The Morgan fingerprint density at radius 3 is 2.62 bits per heavy atom. The summed E-state index contributed by atoms with van der Waals surface area (Å²) in [5.41, 5.74) is 0.663. The van der Waals surface area contributed by atoms with Crippen molar-refractivity contribution in [3.63, 3.8) is 0 Å². The lowest BCUT2D eigenvalue weighted by molar-refractivity contribution is 0.0946. The highest BCUT2D eigenvalue weighted by molar-refractivity contribution is 5.92. The largest absolute Gasteiger partial charge is 0.349 e. The summed E-state index contributed by atoms with van der Waals surface area (Å²) in [6.07, 6.45) is 2.71. The van der Waals surface area contributed by atoms with Crippen molar-refractivity contribution in [1.82, 2.24) is 24.6 Å². The van der Waals surface area contributed by atoms with Crippen LogP contribution in [0, 0.1) is 0 Å². The number of nitrogens with zero attached hydrogens (tertiary/aromatic N) is 3. The molecule has 0 saturated carbocycles. The molecule has 0 fully saturated rings. The number of rotatable bonds is 5. The summed E-state index contributed by atoms with van der Waals surface area (Å²) < 4.78 is 2.27. The average molecular weight is 393 g/mol. The standard InChI is InChI=1S/C20H19N5O4/c26-17-11-13-5-4-8-15(13)23-24(17)10-9-21-19(28)16-12-18(27)25(20(29)22-16)14-6-2-1-3-7-14/h1-3,6-7,11-12H,4-5,8-10H2,(H,21,28)(H,22,29). The van der Waals surface area contributed by atoms with E-state index >= 15 is 0 Å². The van der Waals surface area contributed by atoms with E-state index in [1.165, 1.54) is 4.68 Å². The molecule has 0 spiro atoms. The highest BCUT2D eigenvalue weighted by atomic mass is 16.2. The number of carbonyl (C=O) groups excluding carboxylic acids is 1. The fraction of sp³-hybridized carbons (Fsp3) is 0.250. The summed E-state index contributed by atoms with van der Waals surface area (Å²) in [6, 6.07) is 11.1. The van der Waals surface area contributed by atoms with E-state index in [1.807, 2.05) is 0 Å². The van der Waals surface area contributed by atoms with Gasteiger partial charge in [0.2, 0.25) is 0 Å². The van der Waals surface area contributed by atoms with Crippen LogP contribution in [0.25, 0.3) is 5.69 Å². The lowest BCUT2D eigenvalue weighted by Gasteiger charge is -2.09. The molecule has 4 rings (SSSR count). The van der Waals surface area contributed by atoms with Crippen LogP contribution in [0.5, 0.6) is 0 Å². The topological polar surface area (TPSA) is 119 Å². The highest BCUT2D eigenvalue weighted by Crippen LogP contribution is 2.16. The summed E-state index contributed by atoms with van der Waals surface area (Å²) in [5, 5.41) is 6.94. The van der Waals surface area contributed by atoms with Gasteiger partial charge in [-0.15, -0.1) is 0 Å². The van der Waals surface area contributed by atoms with Gasteiger partial charge in [0, 0.05) is 18.7 Å². The van der Waals surface area contributed by atoms with E-state index in [0.717, 1.165) is 41.2 Å². The van der Waals surface area contributed by atoms with Gasteiger partial charge in [-0.25, -0.2) is 14.0 Å². The number of hydrogen-bond donors (Lipinski definition) is 2. The molecule has 3 aromatic rings. The van der Waals surface area contributed by atoms with Crippen molar-refractivity contribution in [2.45, 2.75) is 25.8 Å². The Labute approximate surface area is 164 Å². The van der Waals surface area contributed by atoms with E-state index < -0.39 is 17.2 Å². The number of para-hydroxylation sites is 1. The van der Waals surface area contributed by atoms with E-state index in [2.05, 4.69) is 15.4 Å². The molecule has 0 atom stereocenters. The SMILES string of the molecule is O=C(NCCn1nc2c(cc1=O)CCC2)c1cc(=O)n(-c2ccccc2)c(=O)[nH]1. The molecular formula is C20H19N5O4. The minimum absolute atomic E-state index is 0.133. The van der Waals surface area contributed by atoms with Crippen LogP contribution >= 0.6 is 0 Å². The van der Waals surface area contributed by atoms with Crippen LogP contribution in [0.4, 0.5) is 0 Å². The van der Waals surface area contributed by atoms with Gasteiger partial charge >= 0.3 is 5.69 Å². The molecule has 148 valence electrons. The lowest BCUT2D eigenvalue weighted by Crippen LogP contribution is -2.38. The molecule has 0 radical (unpaired) electrons. The zero-order valence-electron chi connectivity index (χ0n) is 15.6. The molecule has 0 unspecified atom stereocenters. The van der Waals surface area contributed by atoms with Crippen LogP contribution in [0.3, 0.4) is 0 Å². The van der Waals surface area contributed by atoms with Crippen molar-refractivity contribution in [1.29, 1.82) is 0 Å². The third kappa shape index (κ3) is 3.79. The van der Waals surface area contributed by atoms with E-state index in [-0.39, 0.29) is 24.3 Å². The van der Waals surface area contributed by atoms with Crippen LogP contribution in [0.1, 0.15) is 28.2 Å². The van der Waals surface area contributed by atoms with Crippen LogP contribution in [-0.4, -0.2) is 31.8 Å². The Morgan fingerprint density at radius 2 is 1.86 bits per heavy atom. The summed E-state index contributed by atoms with van der Waals surface area (Å²) in [6.45, 7) is 0.331. The Morgan fingerprint density at radius 1 is 1.07 bits per heavy atom. The van der Waals surface area contributed by atoms with E-state index in [4.69, 9.17) is 0 Å². The van der Waals surface area contributed by atoms with Gasteiger partial charge in [-0.1, -0.05) is 18.2 Å². The lowest BCUT2D eigenvalue weighted by atomic mass is 10.2. The molecule has 9 nitrogen and oxygen atoms in total. The molecule has 0 bridgehead atoms. The van der Waals surface area contributed by atoms with Gasteiger partial charge in [0.05, 0.1) is 17.9 Å². The number of H-pyrrole nitrogens is 1. The highest BCUT2D eigenvalue weighted by Gasteiger charge is 2.15. The molecule has 0 saturated heterocycles. The van der Waals surface area contributed by atoms with Crippen molar-refractivity contribution in [2.75, 3.05) is 6.54 Å². The minimum Gasteiger partial charge on any atom is -0.349 e. The first-order valence-corrected chi connectivity index (χ1v) is 9.33. The Balaban J connectivity index is 1.46. The molecule has 1 amide bonds. The number of fused-ring (bicyclic) bond motifs is 1. The fourth-order valence-corrected chi connectivity index (χ4v) is 3.41.